The largest absolute Gasteiger partial charge is 0.463 e. The maximum atomic E-state index is 12.6. The SMILES string of the molecule is CC(=O)OCC12C=CCOC1SC(CF)=N2. The summed E-state index contributed by atoms with van der Waals surface area (Å²) in [6, 6.07) is 0. The molecule has 0 radical (unpaired) electrons. The Kier molecular flexibility index (Phi) is 3.30. The van der Waals surface area contributed by atoms with Crippen molar-refractivity contribution in [3.05, 3.63) is 12.2 Å². The highest BCUT2D eigenvalue weighted by atomic mass is 32.2. The molecular formula is C10H12FNO3S. The Morgan fingerprint density at radius 2 is 2.69 bits per heavy atom. The maximum absolute atomic E-state index is 12.6. The summed E-state index contributed by atoms with van der Waals surface area (Å²) in [5, 5.41) is 0.392. The second-order valence-electron chi connectivity index (χ2n) is 3.60. The van der Waals surface area contributed by atoms with Crippen LogP contribution in [0, 0.1) is 0 Å². The minimum absolute atomic E-state index is 0.0972. The molecule has 2 heterocycles. The monoisotopic (exact) mass is 245 g/mol. The fourth-order valence-corrected chi connectivity index (χ4v) is 2.74. The van der Waals surface area contributed by atoms with Crippen LogP contribution >= 0.6 is 11.8 Å². The van der Waals surface area contributed by atoms with Gasteiger partial charge in [-0.05, 0) is 0 Å². The van der Waals surface area contributed by atoms with Gasteiger partial charge in [0.15, 0.2) is 0 Å². The predicted molar refractivity (Wildman–Crippen MR) is 59.2 cm³/mol. The molecule has 0 N–H and O–H groups in total. The summed E-state index contributed by atoms with van der Waals surface area (Å²) < 4.78 is 23.0. The molecule has 2 aliphatic rings. The molecule has 4 nitrogen and oxygen atoms in total. The second kappa shape index (κ2) is 4.55. The topological polar surface area (TPSA) is 47.9 Å². The van der Waals surface area contributed by atoms with E-state index in [0.717, 1.165) is 0 Å². The van der Waals surface area contributed by atoms with Gasteiger partial charge in [-0.3, -0.25) is 9.79 Å². The molecule has 0 aromatic rings. The molecule has 0 fully saturated rings. The van der Waals surface area contributed by atoms with Crippen molar-refractivity contribution in [2.24, 2.45) is 4.99 Å². The van der Waals surface area contributed by atoms with Crippen LogP contribution in [0.4, 0.5) is 4.39 Å². The molecule has 0 spiro atoms. The number of carbonyl (C=O) groups excluding carboxylic acids is 1. The molecule has 0 saturated heterocycles. The first-order valence-corrected chi connectivity index (χ1v) is 5.78. The van der Waals surface area contributed by atoms with Crippen LogP contribution in [0.2, 0.25) is 0 Å². The lowest BCUT2D eigenvalue weighted by atomic mass is 10.0. The molecule has 0 aromatic carbocycles. The molecule has 2 aliphatic heterocycles. The summed E-state index contributed by atoms with van der Waals surface area (Å²) in [7, 11) is 0. The quantitative estimate of drug-likeness (QED) is 0.555. The van der Waals surface area contributed by atoms with Crippen LogP contribution in [0.1, 0.15) is 6.92 Å². The molecule has 2 rings (SSSR count). The highest BCUT2D eigenvalue weighted by Crippen LogP contribution is 2.40. The van der Waals surface area contributed by atoms with E-state index >= 15 is 0 Å². The van der Waals surface area contributed by atoms with Crippen LogP contribution in [0.5, 0.6) is 0 Å². The number of alkyl halides is 1. The Hall–Kier alpha value is -0.880. The Bertz CT molecular complexity index is 358. The number of halogens is 1. The van der Waals surface area contributed by atoms with Gasteiger partial charge in [0.25, 0.3) is 0 Å². The molecule has 2 atom stereocenters. The zero-order valence-corrected chi connectivity index (χ0v) is 9.63. The number of carbonyl (C=O) groups is 1. The minimum Gasteiger partial charge on any atom is -0.463 e. The third-order valence-electron chi connectivity index (χ3n) is 2.36. The number of ether oxygens (including phenoxy) is 2. The Morgan fingerprint density at radius 1 is 1.88 bits per heavy atom. The van der Waals surface area contributed by atoms with Crippen molar-refractivity contribution in [1.82, 2.24) is 0 Å². The summed E-state index contributed by atoms with van der Waals surface area (Å²) in [5.41, 5.74) is -1.03. The van der Waals surface area contributed by atoms with Crippen LogP contribution < -0.4 is 0 Å². The average molecular weight is 245 g/mol. The van der Waals surface area contributed by atoms with Gasteiger partial charge in [0.2, 0.25) is 0 Å². The van der Waals surface area contributed by atoms with E-state index in [-0.39, 0.29) is 18.0 Å². The number of fused-ring (bicyclic) bond motifs is 1. The fourth-order valence-electron chi connectivity index (χ4n) is 1.65. The lowest BCUT2D eigenvalue weighted by Gasteiger charge is -2.31. The molecule has 0 amide bonds. The van der Waals surface area contributed by atoms with Gasteiger partial charge in [-0.25, -0.2) is 4.39 Å². The van der Waals surface area contributed by atoms with Crippen LogP contribution in [-0.4, -0.2) is 41.9 Å². The van der Waals surface area contributed by atoms with Crippen LogP contribution in [0.3, 0.4) is 0 Å². The van der Waals surface area contributed by atoms with E-state index in [0.29, 0.717) is 11.7 Å². The molecule has 0 bridgehead atoms. The summed E-state index contributed by atoms with van der Waals surface area (Å²) >= 11 is 1.26. The van der Waals surface area contributed by atoms with E-state index in [1.165, 1.54) is 18.7 Å². The van der Waals surface area contributed by atoms with Crippen molar-refractivity contribution in [1.29, 1.82) is 0 Å². The van der Waals surface area contributed by atoms with Gasteiger partial charge in [-0.15, -0.1) is 0 Å². The van der Waals surface area contributed by atoms with Crippen molar-refractivity contribution >= 4 is 22.8 Å². The normalized spacial score (nSPS) is 32.1. The van der Waals surface area contributed by atoms with Gasteiger partial charge in [0, 0.05) is 6.92 Å². The van der Waals surface area contributed by atoms with E-state index in [2.05, 4.69) is 4.99 Å². The number of aliphatic imine (C=N–C) groups is 1. The first-order valence-electron chi connectivity index (χ1n) is 4.90. The zero-order chi connectivity index (χ0) is 11.6. The lowest BCUT2D eigenvalue weighted by molar-refractivity contribution is -0.143. The fraction of sp³-hybridized carbons (Fsp3) is 0.600. The van der Waals surface area contributed by atoms with Crippen LogP contribution in [-0.2, 0) is 14.3 Å². The van der Waals surface area contributed by atoms with E-state index in [9.17, 15) is 9.18 Å². The number of esters is 1. The van der Waals surface area contributed by atoms with E-state index in [4.69, 9.17) is 9.47 Å². The van der Waals surface area contributed by atoms with Gasteiger partial charge in [0.05, 0.1) is 6.61 Å². The second-order valence-corrected chi connectivity index (χ2v) is 4.73. The molecule has 0 aromatic heterocycles. The number of thioether (sulfide) groups is 1. The zero-order valence-electron chi connectivity index (χ0n) is 8.81. The predicted octanol–water partition coefficient (Wildman–Crippen LogP) is 1.32. The Morgan fingerprint density at radius 3 is 3.38 bits per heavy atom. The third-order valence-corrected chi connectivity index (χ3v) is 3.59. The van der Waals surface area contributed by atoms with Crippen molar-refractivity contribution in [3.8, 4) is 0 Å². The smallest absolute Gasteiger partial charge is 0.302 e. The van der Waals surface area contributed by atoms with Gasteiger partial charge in [-0.2, -0.15) is 0 Å². The number of hydrogen-bond donors (Lipinski definition) is 0. The van der Waals surface area contributed by atoms with Gasteiger partial charge in [-0.1, -0.05) is 23.9 Å². The van der Waals surface area contributed by atoms with Gasteiger partial charge >= 0.3 is 5.97 Å². The number of nitrogens with zero attached hydrogens (tertiary/aromatic N) is 1. The number of rotatable bonds is 3. The number of hydrogen-bond acceptors (Lipinski definition) is 5. The molecule has 0 saturated carbocycles. The minimum atomic E-state index is -0.740. The molecule has 16 heavy (non-hydrogen) atoms. The van der Waals surface area contributed by atoms with Crippen LogP contribution in [0.15, 0.2) is 17.1 Å². The summed E-state index contributed by atoms with van der Waals surface area (Å²) in [4.78, 5) is 15.1. The Labute approximate surface area is 96.9 Å². The molecule has 0 aliphatic carbocycles. The molecule has 2 unspecified atom stereocenters. The summed E-state index contributed by atoms with van der Waals surface area (Å²) in [6.07, 6.45) is 3.64. The van der Waals surface area contributed by atoms with E-state index in [1.807, 2.05) is 12.2 Å². The first kappa shape index (κ1) is 11.6. The molecular weight excluding hydrogens is 233 g/mol. The van der Waals surface area contributed by atoms with Crippen molar-refractivity contribution < 1.29 is 18.7 Å². The van der Waals surface area contributed by atoms with E-state index in [1.54, 1.807) is 0 Å². The van der Waals surface area contributed by atoms with Crippen molar-refractivity contribution in [2.45, 2.75) is 17.9 Å². The molecule has 6 heteroatoms. The summed E-state index contributed by atoms with van der Waals surface area (Å²) in [6.45, 7) is 1.30. The highest BCUT2D eigenvalue weighted by molar-refractivity contribution is 8.14. The van der Waals surface area contributed by atoms with Gasteiger partial charge in [0.1, 0.15) is 29.3 Å². The average Bonchev–Trinajstić information content (AvgIpc) is 2.65. The van der Waals surface area contributed by atoms with Crippen molar-refractivity contribution in [3.63, 3.8) is 0 Å². The molecule has 88 valence electrons. The standard InChI is InChI=1S/C10H12FNO3S/c1-7(13)15-6-10-3-2-4-14-9(10)16-8(5-11)12-10/h2-3,9H,4-6H2,1H3. The van der Waals surface area contributed by atoms with Crippen molar-refractivity contribution in [2.75, 3.05) is 19.9 Å². The first-order chi connectivity index (χ1) is 7.66. The third kappa shape index (κ3) is 2.12. The highest BCUT2D eigenvalue weighted by Gasteiger charge is 2.46. The van der Waals surface area contributed by atoms with E-state index < -0.39 is 12.2 Å². The van der Waals surface area contributed by atoms with Crippen LogP contribution in [0.25, 0.3) is 0 Å². The van der Waals surface area contributed by atoms with Gasteiger partial charge < -0.3 is 9.47 Å². The Balaban J connectivity index is 2.17. The maximum Gasteiger partial charge on any atom is 0.302 e. The lowest BCUT2D eigenvalue weighted by Crippen LogP contribution is -2.43. The summed E-state index contributed by atoms with van der Waals surface area (Å²) in [5.74, 6) is -0.374.